The zero-order valence-corrected chi connectivity index (χ0v) is 10.6. The standard InChI is InChI=1S/C14H19N3O/c1-12(11-18)15-7-14-8-16-17(10-14)9-13-5-3-2-4-6-13/h2-6,8,10,12,15,18H,7,9,11H2,1H3/t12-/m1/s1. The molecule has 4 nitrogen and oxygen atoms in total. The van der Waals surface area contributed by atoms with E-state index in [1.165, 1.54) is 5.56 Å². The van der Waals surface area contributed by atoms with Gasteiger partial charge in [0.15, 0.2) is 0 Å². The molecule has 2 N–H and O–H groups in total. The maximum atomic E-state index is 8.93. The summed E-state index contributed by atoms with van der Waals surface area (Å²) in [4.78, 5) is 0. The van der Waals surface area contributed by atoms with Crippen molar-refractivity contribution in [2.45, 2.75) is 26.1 Å². The van der Waals surface area contributed by atoms with Crippen molar-refractivity contribution in [2.24, 2.45) is 0 Å². The lowest BCUT2D eigenvalue weighted by molar-refractivity contribution is 0.251. The maximum Gasteiger partial charge on any atom is 0.0659 e. The predicted molar refractivity (Wildman–Crippen MR) is 71.2 cm³/mol. The third-order valence-electron chi connectivity index (χ3n) is 2.80. The first-order chi connectivity index (χ1) is 8.78. The van der Waals surface area contributed by atoms with Gasteiger partial charge in [0.2, 0.25) is 0 Å². The van der Waals surface area contributed by atoms with Gasteiger partial charge >= 0.3 is 0 Å². The van der Waals surface area contributed by atoms with E-state index in [2.05, 4.69) is 22.5 Å². The van der Waals surface area contributed by atoms with Crippen LogP contribution < -0.4 is 5.32 Å². The SMILES string of the molecule is C[C@H](CO)NCc1cnn(Cc2ccccc2)c1. The molecule has 0 saturated heterocycles. The van der Waals surface area contributed by atoms with Crippen LogP contribution in [0.25, 0.3) is 0 Å². The number of nitrogens with one attached hydrogen (secondary N) is 1. The Labute approximate surface area is 107 Å². The predicted octanol–water partition coefficient (Wildman–Crippen LogP) is 1.40. The third kappa shape index (κ3) is 3.68. The molecule has 2 rings (SSSR count). The van der Waals surface area contributed by atoms with Gasteiger partial charge in [0, 0.05) is 24.3 Å². The first-order valence-electron chi connectivity index (χ1n) is 6.17. The molecule has 1 aromatic carbocycles. The van der Waals surface area contributed by atoms with Gasteiger partial charge in [-0.05, 0) is 12.5 Å². The third-order valence-corrected chi connectivity index (χ3v) is 2.80. The zero-order valence-electron chi connectivity index (χ0n) is 10.6. The van der Waals surface area contributed by atoms with Crippen molar-refractivity contribution in [3.8, 4) is 0 Å². The summed E-state index contributed by atoms with van der Waals surface area (Å²) >= 11 is 0. The molecule has 0 aliphatic rings. The number of rotatable bonds is 6. The van der Waals surface area contributed by atoms with E-state index in [4.69, 9.17) is 5.11 Å². The van der Waals surface area contributed by atoms with E-state index in [0.29, 0.717) is 0 Å². The first kappa shape index (κ1) is 12.8. The monoisotopic (exact) mass is 245 g/mol. The summed E-state index contributed by atoms with van der Waals surface area (Å²) in [6.45, 7) is 3.62. The molecule has 0 unspecified atom stereocenters. The summed E-state index contributed by atoms with van der Waals surface area (Å²) in [6.07, 6.45) is 3.89. The second kappa shape index (κ2) is 6.33. The fourth-order valence-corrected chi connectivity index (χ4v) is 1.71. The second-order valence-electron chi connectivity index (χ2n) is 4.50. The lowest BCUT2D eigenvalue weighted by atomic mass is 10.2. The molecule has 0 aliphatic carbocycles. The van der Waals surface area contributed by atoms with Gasteiger partial charge in [-0.2, -0.15) is 5.10 Å². The fourth-order valence-electron chi connectivity index (χ4n) is 1.71. The van der Waals surface area contributed by atoms with Crippen molar-refractivity contribution in [3.05, 3.63) is 53.9 Å². The summed E-state index contributed by atoms with van der Waals surface area (Å²) in [5, 5.41) is 16.5. The van der Waals surface area contributed by atoms with Gasteiger partial charge < -0.3 is 10.4 Å². The van der Waals surface area contributed by atoms with Crippen LogP contribution in [0.4, 0.5) is 0 Å². The molecule has 0 radical (unpaired) electrons. The average Bonchev–Trinajstić information content (AvgIpc) is 2.85. The quantitative estimate of drug-likeness (QED) is 0.809. The number of aliphatic hydroxyl groups is 1. The molecule has 4 heteroatoms. The van der Waals surface area contributed by atoms with Crippen molar-refractivity contribution < 1.29 is 5.11 Å². The molecule has 0 amide bonds. The van der Waals surface area contributed by atoms with E-state index in [9.17, 15) is 0 Å². The Hall–Kier alpha value is -1.65. The minimum Gasteiger partial charge on any atom is -0.395 e. The van der Waals surface area contributed by atoms with Gasteiger partial charge in [-0.15, -0.1) is 0 Å². The molecular weight excluding hydrogens is 226 g/mol. The van der Waals surface area contributed by atoms with Crippen LogP contribution in [0.1, 0.15) is 18.1 Å². The Bertz CT molecular complexity index is 467. The van der Waals surface area contributed by atoms with Gasteiger partial charge in [0.05, 0.1) is 19.3 Å². The van der Waals surface area contributed by atoms with E-state index in [1.54, 1.807) is 0 Å². The normalized spacial score (nSPS) is 12.6. The van der Waals surface area contributed by atoms with Crippen LogP contribution in [0.5, 0.6) is 0 Å². The Morgan fingerprint density at radius 2 is 2.06 bits per heavy atom. The van der Waals surface area contributed by atoms with Gasteiger partial charge in [0.1, 0.15) is 0 Å². The number of hydrogen-bond acceptors (Lipinski definition) is 3. The lowest BCUT2D eigenvalue weighted by Gasteiger charge is -2.08. The van der Waals surface area contributed by atoms with Crippen LogP contribution in [0.2, 0.25) is 0 Å². The lowest BCUT2D eigenvalue weighted by Crippen LogP contribution is -2.28. The smallest absolute Gasteiger partial charge is 0.0659 e. The van der Waals surface area contributed by atoms with Crippen LogP contribution in [0, 0.1) is 0 Å². The summed E-state index contributed by atoms with van der Waals surface area (Å²) < 4.78 is 1.93. The Balaban J connectivity index is 1.90. The molecule has 1 aromatic heterocycles. The first-order valence-corrected chi connectivity index (χ1v) is 6.17. The number of nitrogens with zero attached hydrogens (tertiary/aromatic N) is 2. The Kier molecular flexibility index (Phi) is 4.50. The van der Waals surface area contributed by atoms with Gasteiger partial charge in [-0.25, -0.2) is 0 Å². The summed E-state index contributed by atoms with van der Waals surface area (Å²) in [6, 6.07) is 10.4. The molecule has 0 aliphatic heterocycles. The van der Waals surface area contributed by atoms with E-state index < -0.39 is 0 Å². The molecule has 0 bridgehead atoms. The molecule has 0 fully saturated rings. The van der Waals surface area contributed by atoms with Gasteiger partial charge in [-0.1, -0.05) is 30.3 Å². The average molecular weight is 245 g/mol. The number of aromatic nitrogens is 2. The molecule has 0 saturated carbocycles. The van der Waals surface area contributed by atoms with Crippen LogP contribution >= 0.6 is 0 Å². The molecule has 2 aromatic rings. The topological polar surface area (TPSA) is 50.1 Å². The van der Waals surface area contributed by atoms with Crippen LogP contribution in [0.3, 0.4) is 0 Å². The molecular formula is C14H19N3O. The van der Waals surface area contributed by atoms with Gasteiger partial charge in [0.25, 0.3) is 0 Å². The zero-order chi connectivity index (χ0) is 12.8. The van der Waals surface area contributed by atoms with E-state index in [1.807, 2.05) is 42.2 Å². The van der Waals surface area contributed by atoms with Crippen molar-refractivity contribution in [1.82, 2.24) is 15.1 Å². The highest BCUT2D eigenvalue weighted by atomic mass is 16.3. The highest BCUT2D eigenvalue weighted by Gasteiger charge is 2.02. The number of aliphatic hydroxyl groups excluding tert-OH is 1. The van der Waals surface area contributed by atoms with E-state index in [-0.39, 0.29) is 12.6 Å². The minimum absolute atomic E-state index is 0.113. The Morgan fingerprint density at radius 3 is 2.78 bits per heavy atom. The number of hydrogen-bond donors (Lipinski definition) is 2. The molecule has 1 heterocycles. The largest absolute Gasteiger partial charge is 0.395 e. The Morgan fingerprint density at radius 1 is 1.28 bits per heavy atom. The minimum atomic E-state index is 0.113. The molecule has 96 valence electrons. The fraction of sp³-hybridized carbons (Fsp3) is 0.357. The van der Waals surface area contributed by atoms with Crippen molar-refractivity contribution in [1.29, 1.82) is 0 Å². The van der Waals surface area contributed by atoms with Crippen LogP contribution in [0.15, 0.2) is 42.7 Å². The van der Waals surface area contributed by atoms with Gasteiger partial charge in [-0.3, -0.25) is 4.68 Å². The van der Waals surface area contributed by atoms with Crippen molar-refractivity contribution >= 4 is 0 Å². The molecule has 1 atom stereocenters. The van der Waals surface area contributed by atoms with E-state index >= 15 is 0 Å². The highest BCUT2D eigenvalue weighted by molar-refractivity contribution is 5.15. The molecule has 18 heavy (non-hydrogen) atoms. The van der Waals surface area contributed by atoms with Crippen molar-refractivity contribution in [3.63, 3.8) is 0 Å². The second-order valence-corrected chi connectivity index (χ2v) is 4.50. The van der Waals surface area contributed by atoms with Crippen molar-refractivity contribution in [2.75, 3.05) is 6.61 Å². The molecule has 0 spiro atoms. The van der Waals surface area contributed by atoms with Crippen LogP contribution in [-0.2, 0) is 13.1 Å². The summed E-state index contributed by atoms with van der Waals surface area (Å²) in [5.74, 6) is 0. The highest BCUT2D eigenvalue weighted by Crippen LogP contribution is 2.04. The summed E-state index contributed by atoms with van der Waals surface area (Å²) in [7, 11) is 0. The maximum absolute atomic E-state index is 8.93. The summed E-state index contributed by atoms with van der Waals surface area (Å²) in [5.41, 5.74) is 2.37. The number of benzene rings is 1. The van der Waals surface area contributed by atoms with Crippen LogP contribution in [-0.4, -0.2) is 27.5 Å². The van der Waals surface area contributed by atoms with E-state index in [0.717, 1.165) is 18.7 Å².